The molecule has 2 heterocycles. The third-order valence-corrected chi connectivity index (χ3v) is 2.42. The Morgan fingerprint density at radius 2 is 1.94 bits per heavy atom. The molecule has 0 atom stereocenters. The summed E-state index contributed by atoms with van der Waals surface area (Å²) in [7, 11) is 0. The molecule has 0 aliphatic rings. The van der Waals surface area contributed by atoms with Gasteiger partial charge in [0, 0.05) is 6.54 Å². The lowest BCUT2D eigenvalue weighted by Crippen LogP contribution is -2.32. The van der Waals surface area contributed by atoms with Crippen LogP contribution in [0, 0.1) is 0 Å². The van der Waals surface area contributed by atoms with Crippen LogP contribution in [-0.4, -0.2) is 42.5 Å². The van der Waals surface area contributed by atoms with Gasteiger partial charge in [-0.05, 0) is 0 Å². The van der Waals surface area contributed by atoms with Crippen LogP contribution in [0.3, 0.4) is 0 Å². The number of imidazole rings is 1. The first-order valence-corrected chi connectivity index (χ1v) is 5.08. The number of nitrogens with one attached hydrogen (secondary N) is 1. The largest absolute Gasteiger partial charge is 0.395 e. The van der Waals surface area contributed by atoms with Gasteiger partial charge in [-0.25, -0.2) is 9.78 Å². The summed E-state index contributed by atoms with van der Waals surface area (Å²) in [5, 5.41) is 17.7. The molecule has 8 heteroatoms. The smallest absolute Gasteiger partial charge is 0.330 e. The first-order chi connectivity index (χ1) is 8.19. The Hall–Kier alpha value is -1.93. The van der Waals surface area contributed by atoms with E-state index in [-0.39, 0.29) is 37.5 Å². The van der Waals surface area contributed by atoms with E-state index in [0.717, 1.165) is 0 Å². The number of hydrogen-bond donors (Lipinski definition) is 3. The van der Waals surface area contributed by atoms with Crippen molar-refractivity contribution in [3.05, 3.63) is 27.2 Å². The molecule has 0 bridgehead atoms. The second kappa shape index (κ2) is 4.52. The highest BCUT2D eigenvalue weighted by atomic mass is 16.3. The van der Waals surface area contributed by atoms with E-state index >= 15 is 0 Å². The van der Waals surface area contributed by atoms with Crippen molar-refractivity contribution < 1.29 is 10.2 Å². The molecule has 92 valence electrons. The summed E-state index contributed by atoms with van der Waals surface area (Å²) in [6.45, 7) is -0.0862. The van der Waals surface area contributed by atoms with Gasteiger partial charge in [-0.2, -0.15) is 0 Å². The van der Waals surface area contributed by atoms with Crippen molar-refractivity contribution >= 4 is 11.2 Å². The number of rotatable bonds is 4. The zero-order valence-electron chi connectivity index (χ0n) is 8.96. The molecule has 2 aromatic heterocycles. The van der Waals surface area contributed by atoms with Crippen molar-refractivity contribution in [2.24, 2.45) is 0 Å². The Kier molecular flexibility index (Phi) is 3.07. The SMILES string of the molecule is O=c1[nH]c(=O)n(CCO)c2ncn(CCO)c12. The van der Waals surface area contributed by atoms with Gasteiger partial charge in [0.25, 0.3) is 5.56 Å². The third kappa shape index (κ3) is 1.87. The third-order valence-electron chi connectivity index (χ3n) is 2.42. The van der Waals surface area contributed by atoms with Crippen LogP contribution in [0.4, 0.5) is 0 Å². The number of hydrogen-bond acceptors (Lipinski definition) is 5. The summed E-state index contributed by atoms with van der Waals surface area (Å²) in [6.07, 6.45) is 1.38. The molecule has 0 fully saturated rings. The van der Waals surface area contributed by atoms with Crippen molar-refractivity contribution in [2.75, 3.05) is 13.2 Å². The number of aromatic amines is 1. The predicted molar refractivity (Wildman–Crippen MR) is 58.8 cm³/mol. The molecular weight excluding hydrogens is 228 g/mol. The number of H-pyrrole nitrogens is 1. The average Bonchev–Trinajstić information content (AvgIpc) is 2.69. The van der Waals surface area contributed by atoms with Crippen LogP contribution in [-0.2, 0) is 13.1 Å². The first-order valence-electron chi connectivity index (χ1n) is 5.08. The molecule has 0 amide bonds. The van der Waals surface area contributed by atoms with Crippen LogP contribution in [0.25, 0.3) is 11.2 Å². The summed E-state index contributed by atoms with van der Waals surface area (Å²) < 4.78 is 2.64. The van der Waals surface area contributed by atoms with Crippen molar-refractivity contribution in [3.63, 3.8) is 0 Å². The maximum atomic E-state index is 11.6. The summed E-state index contributed by atoms with van der Waals surface area (Å²) in [4.78, 5) is 29.3. The van der Waals surface area contributed by atoms with E-state index in [1.807, 2.05) is 0 Å². The number of aliphatic hydroxyl groups is 2. The molecule has 8 nitrogen and oxygen atoms in total. The van der Waals surface area contributed by atoms with Gasteiger partial charge in [-0.3, -0.25) is 14.3 Å². The number of nitrogens with zero attached hydrogens (tertiary/aromatic N) is 3. The quantitative estimate of drug-likeness (QED) is 0.565. The Morgan fingerprint density at radius 1 is 1.24 bits per heavy atom. The van der Waals surface area contributed by atoms with Gasteiger partial charge in [0.1, 0.15) is 0 Å². The van der Waals surface area contributed by atoms with Crippen LogP contribution >= 0.6 is 0 Å². The number of aromatic nitrogens is 4. The minimum Gasteiger partial charge on any atom is -0.395 e. The molecule has 17 heavy (non-hydrogen) atoms. The number of aliphatic hydroxyl groups excluding tert-OH is 2. The minimum atomic E-state index is -0.606. The first kappa shape index (κ1) is 11.6. The van der Waals surface area contributed by atoms with Crippen LogP contribution in [0.1, 0.15) is 0 Å². The molecule has 0 saturated carbocycles. The predicted octanol–water partition coefficient (Wildman–Crippen LogP) is -2.13. The Bertz CT molecular complexity index is 638. The summed E-state index contributed by atoms with van der Waals surface area (Å²) in [5.41, 5.74) is -0.732. The van der Waals surface area contributed by atoms with Gasteiger partial charge in [0.2, 0.25) is 0 Å². The normalized spacial score (nSPS) is 11.2. The van der Waals surface area contributed by atoms with Crippen molar-refractivity contribution in [1.29, 1.82) is 0 Å². The van der Waals surface area contributed by atoms with E-state index in [1.165, 1.54) is 15.5 Å². The highest BCUT2D eigenvalue weighted by Crippen LogP contribution is 2.05. The van der Waals surface area contributed by atoms with Gasteiger partial charge in [0.05, 0.1) is 26.1 Å². The molecule has 0 saturated heterocycles. The molecule has 0 radical (unpaired) electrons. The monoisotopic (exact) mass is 240 g/mol. The topological polar surface area (TPSA) is 113 Å². The van der Waals surface area contributed by atoms with Crippen LogP contribution in [0.5, 0.6) is 0 Å². The van der Waals surface area contributed by atoms with Crippen LogP contribution < -0.4 is 11.2 Å². The van der Waals surface area contributed by atoms with Crippen LogP contribution in [0.15, 0.2) is 15.9 Å². The highest BCUT2D eigenvalue weighted by Gasteiger charge is 2.12. The summed E-state index contributed by atoms with van der Waals surface area (Å²) in [6, 6.07) is 0. The lowest BCUT2D eigenvalue weighted by molar-refractivity contribution is 0.274. The molecule has 0 aromatic carbocycles. The van der Waals surface area contributed by atoms with E-state index in [9.17, 15) is 9.59 Å². The molecule has 2 rings (SSSR count). The molecule has 0 aliphatic heterocycles. The van der Waals surface area contributed by atoms with E-state index < -0.39 is 11.2 Å². The van der Waals surface area contributed by atoms with Gasteiger partial charge in [-0.15, -0.1) is 0 Å². The zero-order chi connectivity index (χ0) is 12.4. The Balaban J connectivity index is 2.76. The summed E-state index contributed by atoms with van der Waals surface area (Å²) >= 11 is 0. The lowest BCUT2D eigenvalue weighted by Gasteiger charge is -2.04. The maximum absolute atomic E-state index is 11.6. The molecule has 2 aromatic rings. The maximum Gasteiger partial charge on any atom is 0.330 e. The minimum absolute atomic E-state index is 0.0578. The molecular formula is C9H12N4O4. The van der Waals surface area contributed by atoms with E-state index in [0.29, 0.717) is 0 Å². The van der Waals surface area contributed by atoms with E-state index in [2.05, 4.69) is 9.97 Å². The Morgan fingerprint density at radius 3 is 2.59 bits per heavy atom. The zero-order valence-corrected chi connectivity index (χ0v) is 8.96. The average molecular weight is 240 g/mol. The van der Waals surface area contributed by atoms with E-state index in [4.69, 9.17) is 10.2 Å². The summed E-state index contributed by atoms with van der Waals surface area (Å²) in [5.74, 6) is 0. The second-order valence-electron chi connectivity index (χ2n) is 3.47. The van der Waals surface area contributed by atoms with Crippen molar-refractivity contribution in [1.82, 2.24) is 19.1 Å². The van der Waals surface area contributed by atoms with E-state index in [1.54, 1.807) is 0 Å². The van der Waals surface area contributed by atoms with Gasteiger partial charge < -0.3 is 14.8 Å². The van der Waals surface area contributed by atoms with Gasteiger partial charge in [-0.1, -0.05) is 0 Å². The van der Waals surface area contributed by atoms with Crippen molar-refractivity contribution in [2.45, 2.75) is 13.1 Å². The standard InChI is InChI=1S/C9H12N4O4/c14-3-1-12-5-10-7-6(12)8(16)11-9(17)13(7)2-4-15/h5,14-15H,1-4H2,(H,11,16,17). The molecule has 0 unspecified atom stereocenters. The van der Waals surface area contributed by atoms with Crippen LogP contribution in [0.2, 0.25) is 0 Å². The fourth-order valence-corrected chi connectivity index (χ4v) is 1.71. The second-order valence-corrected chi connectivity index (χ2v) is 3.47. The molecule has 0 aliphatic carbocycles. The molecule has 0 spiro atoms. The Labute approximate surface area is 94.8 Å². The van der Waals surface area contributed by atoms with Gasteiger partial charge >= 0.3 is 5.69 Å². The van der Waals surface area contributed by atoms with Crippen molar-refractivity contribution in [3.8, 4) is 0 Å². The van der Waals surface area contributed by atoms with Gasteiger partial charge in [0.15, 0.2) is 11.2 Å². The molecule has 3 N–H and O–H groups in total. The highest BCUT2D eigenvalue weighted by molar-refractivity contribution is 5.69. The number of fused-ring (bicyclic) bond motifs is 1. The fourth-order valence-electron chi connectivity index (χ4n) is 1.71. The fraction of sp³-hybridized carbons (Fsp3) is 0.444. The lowest BCUT2D eigenvalue weighted by atomic mass is 10.5.